The van der Waals surface area contributed by atoms with Crippen molar-refractivity contribution in [3.05, 3.63) is 70.7 Å². The molecule has 1 saturated carbocycles. The Balaban J connectivity index is 1.43. The van der Waals surface area contributed by atoms with Crippen LogP contribution in [-0.4, -0.2) is 54.5 Å². The Morgan fingerprint density at radius 3 is 2.48 bits per heavy atom. The highest BCUT2D eigenvalue weighted by Gasteiger charge is 2.51. The molecule has 226 valence electrons. The van der Waals surface area contributed by atoms with Crippen LogP contribution in [0.4, 0.5) is 4.79 Å². The molecule has 4 rings (SSSR count). The molecule has 2 aromatic rings. The number of amides is 3. The molecule has 0 radical (unpaired) electrons. The molecule has 2 aliphatic rings. The zero-order valence-electron chi connectivity index (χ0n) is 24.6. The number of rotatable bonds is 14. The van der Waals surface area contributed by atoms with Gasteiger partial charge in [-0.25, -0.2) is 9.79 Å². The molecule has 1 unspecified atom stereocenters. The van der Waals surface area contributed by atoms with Crippen molar-refractivity contribution in [1.29, 1.82) is 0 Å². The van der Waals surface area contributed by atoms with Gasteiger partial charge in [-0.05, 0) is 54.7 Å². The van der Waals surface area contributed by atoms with Gasteiger partial charge in [0.1, 0.15) is 6.04 Å². The second-order valence-corrected chi connectivity index (χ2v) is 12.1. The van der Waals surface area contributed by atoms with Gasteiger partial charge in [-0.2, -0.15) is 0 Å². The third-order valence-electron chi connectivity index (χ3n) is 7.94. The molecule has 4 N–H and O–H groups in total. The monoisotopic (exact) mass is 595 g/mol. The lowest BCUT2D eigenvalue weighted by atomic mass is 9.82. The topological polar surface area (TPSA) is 126 Å². The number of halogens is 1. The van der Waals surface area contributed by atoms with E-state index in [9.17, 15) is 14.4 Å². The Kier molecular flexibility index (Phi) is 10.5. The summed E-state index contributed by atoms with van der Waals surface area (Å²) in [4.78, 5) is 45.8. The molecular formula is C32H42ClN5O4. The molecule has 3 amide bonds. The van der Waals surface area contributed by atoms with E-state index in [1.165, 1.54) is 7.11 Å². The van der Waals surface area contributed by atoms with Gasteiger partial charge in [-0.15, -0.1) is 0 Å². The fourth-order valence-electron chi connectivity index (χ4n) is 5.75. The van der Waals surface area contributed by atoms with Gasteiger partial charge in [0.25, 0.3) is 5.91 Å². The largest absolute Gasteiger partial charge is 0.453 e. The fourth-order valence-corrected chi connectivity index (χ4v) is 5.97. The van der Waals surface area contributed by atoms with Gasteiger partial charge >= 0.3 is 6.09 Å². The highest BCUT2D eigenvalue weighted by atomic mass is 35.5. The number of hydrogen-bond acceptors (Lipinski definition) is 6. The van der Waals surface area contributed by atoms with Gasteiger partial charge in [0, 0.05) is 24.0 Å². The quantitative estimate of drug-likeness (QED) is 0.271. The summed E-state index contributed by atoms with van der Waals surface area (Å²) in [6, 6.07) is 15.9. The maximum atomic E-state index is 14.2. The van der Waals surface area contributed by atoms with Gasteiger partial charge in [0.05, 0.1) is 7.11 Å². The summed E-state index contributed by atoms with van der Waals surface area (Å²) in [5, 5.41) is 6.06. The third kappa shape index (κ3) is 7.62. The van der Waals surface area contributed by atoms with Crippen LogP contribution in [0.25, 0.3) is 0 Å². The molecule has 1 aliphatic heterocycles. The lowest BCUT2D eigenvalue weighted by Gasteiger charge is -2.32. The molecule has 1 aliphatic carbocycles. The van der Waals surface area contributed by atoms with Gasteiger partial charge in [-0.1, -0.05) is 86.8 Å². The third-order valence-corrected chi connectivity index (χ3v) is 8.31. The lowest BCUT2D eigenvalue weighted by molar-refractivity contribution is -0.134. The molecule has 42 heavy (non-hydrogen) atoms. The Hall–Kier alpha value is -3.59. The first-order valence-electron chi connectivity index (χ1n) is 14.7. The Morgan fingerprint density at radius 2 is 1.83 bits per heavy atom. The summed E-state index contributed by atoms with van der Waals surface area (Å²) in [7, 11) is 1.25. The average Bonchev–Trinajstić information content (AvgIpc) is 3.75. The van der Waals surface area contributed by atoms with E-state index < -0.39 is 17.7 Å². The second kappa shape index (κ2) is 14.1. The maximum absolute atomic E-state index is 14.2. The highest BCUT2D eigenvalue weighted by Crippen LogP contribution is 2.42. The van der Waals surface area contributed by atoms with Gasteiger partial charge < -0.3 is 21.1 Å². The van der Waals surface area contributed by atoms with Crippen molar-refractivity contribution in [3.8, 4) is 0 Å². The number of nitrogens with one attached hydrogen (secondary N) is 2. The predicted molar refractivity (Wildman–Crippen MR) is 164 cm³/mol. The molecular weight excluding hydrogens is 554 g/mol. The predicted octanol–water partition coefficient (Wildman–Crippen LogP) is 4.77. The number of aliphatic imine (C=N–C) groups is 1. The first kappa shape index (κ1) is 31.3. The Bertz CT molecular complexity index is 1280. The van der Waals surface area contributed by atoms with Crippen molar-refractivity contribution in [3.63, 3.8) is 0 Å². The van der Waals surface area contributed by atoms with E-state index in [0.29, 0.717) is 36.7 Å². The molecule has 9 nitrogen and oxygen atoms in total. The zero-order chi connectivity index (χ0) is 30.3. The average molecular weight is 596 g/mol. The SMILES string of the molecule is COC(=O)N[C@@H](Cc1ccccc1Cl)C(=O)NCCCC(CC1CC1)N1C(=O)[C@@](CC(C)C)(c2ccccc2)N=C1N. The minimum Gasteiger partial charge on any atom is -0.453 e. The first-order valence-corrected chi connectivity index (χ1v) is 15.1. The molecule has 0 aromatic heterocycles. The van der Waals surface area contributed by atoms with Gasteiger partial charge in [-0.3, -0.25) is 14.5 Å². The number of ether oxygens (including phenoxy) is 1. The standard InChI is InChI=1S/C32H42ClN5O4/c1-21(2)20-32(24-11-5-4-6-12-24)29(40)38(30(34)37-32)25(18-22-15-16-22)13-9-17-35-28(39)27(36-31(41)42-3)19-23-10-7-8-14-26(23)33/h4-8,10-12,14,21-22,25,27H,9,13,15-20H2,1-3H3,(H2,34,37)(H,35,39)(H,36,41)/t25?,27-,32+/m0/s1. The van der Waals surface area contributed by atoms with Crippen molar-refractivity contribution in [1.82, 2.24) is 15.5 Å². The van der Waals surface area contributed by atoms with Crippen molar-refractivity contribution >= 4 is 35.5 Å². The number of guanidine groups is 1. The van der Waals surface area contributed by atoms with Crippen molar-refractivity contribution in [2.75, 3.05) is 13.7 Å². The number of carbonyl (C=O) groups is 3. The smallest absolute Gasteiger partial charge is 0.407 e. The Morgan fingerprint density at radius 1 is 1.14 bits per heavy atom. The van der Waals surface area contributed by atoms with Gasteiger partial charge in [0.15, 0.2) is 11.5 Å². The van der Waals surface area contributed by atoms with E-state index in [1.807, 2.05) is 48.5 Å². The molecule has 10 heteroatoms. The number of hydrogen-bond donors (Lipinski definition) is 3. The van der Waals surface area contributed by atoms with Crippen LogP contribution in [0.1, 0.15) is 63.5 Å². The number of carbonyl (C=O) groups excluding carboxylic acids is 3. The number of alkyl carbamates (subject to hydrolysis) is 1. The summed E-state index contributed by atoms with van der Waals surface area (Å²) in [5.41, 5.74) is 7.09. The summed E-state index contributed by atoms with van der Waals surface area (Å²) in [5.74, 6) is 0.654. The van der Waals surface area contributed by atoms with E-state index in [2.05, 4.69) is 24.5 Å². The number of nitrogens with two attached hydrogens (primary N) is 1. The molecule has 1 heterocycles. The number of nitrogens with zero attached hydrogens (tertiary/aromatic N) is 2. The van der Waals surface area contributed by atoms with Crippen molar-refractivity contribution in [2.24, 2.45) is 22.6 Å². The van der Waals surface area contributed by atoms with Crippen LogP contribution in [0.3, 0.4) is 0 Å². The van der Waals surface area contributed by atoms with E-state index in [0.717, 1.165) is 30.4 Å². The van der Waals surface area contributed by atoms with Crippen LogP contribution in [0, 0.1) is 11.8 Å². The molecule has 0 saturated heterocycles. The van der Waals surface area contributed by atoms with Crippen LogP contribution in [-0.2, 0) is 26.3 Å². The van der Waals surface area contributed by atoms with E-state index in [4.69, 9.17) is 27.1 Å². The Labute approximate surface area is 253 Å². The zero-order valence-corrected chi connectivity index (χ0v) is 25.4. The molecule has 3 atom stereocenters. The van der Waals surface area contributed by atoms with E-state index >= 15 is 0 Å². The van der Waals surface area contributed by atoms with E-state index in [1.54, 1.807) is 11.0 Å². The molecule has 0 bridgehead atoms. The molecule has 0 spiro atoms. The van der Waals surface area contributed by atoms with E-state index in [-0.39, 0.29) is 36.2 Å². The van der Waals surface area contributed by atoms with Gasteiger partial charge in [0.2, 0.25) is 5.91 Å². The van der Waals surface area contributed by atoms with Crippen molar-refractivity contribution in [2.45, 2.75) is 76.4 Å². The molecule has 1 fully saturated rings. The second-order valence-electron chi connectivity index (χ2n) is 11.7. The summed E-state index contributed by atoms with van der Waals surface area (Å²) < 4.78 is 4.72. The summed E-state index contributed by atoms with van der Waals surface area (Å²) >= 11 is 6.30. The van der Waals surface area contributed by atoms with Crippen LogP contribution < -0.4 is 16.4 Å². The van der Waals surface area contributed by atoms with Crippen LogP contribution in [0.15, 0.2) is 59.6 Å². The first-order chi connectivity index (χ1) is 20.1. The van der Waals surface area contributed by atoms with Crippen LogP contribution in [0.2, 0.25) is 5.02 Å². The maximum Gasteiger partial charge on any atom is 0.407 e. The minimum absolute atomic E-state index is 0.0725. The summed E-state index contributed by atoms with van der Waals surface area (Å²) in [6.45, 7) is 4.55. The fraction of sp³-hybridized carbons (Fsp3) is 0.500. The van der Waals surface area contributed by atoms with Crippen LogP contribution in [0.5, 0.6) is 0 Å². The lowest BCUT2D eigenvalue weighted by Crippen LogP contribution is -2.50. The van der Waals surface area contributed by atoms with Crippen LogP contribution >= 0.6 is 11.6 Å². The number of benzene rings is 2. The molecule has 2 aromatic carbocycles. The highest BCUT2D eigenvalue weighted by molar-refractivity contribution is 6.31. The number of methoxy groups -OCH3 is 1. The van der Waals surface area contributed by atoms with Crippen molar-refractivity contribution < 1.29 is 19.1 Å². The minimum atomic E-state index is -1.03. The normalized spacial score (nSPS) is 19.8. The summed E-state index contributed by atoms with van der Waals surface area (Å²) in [6.07, 6.45) is 4.51.